The molecule has 0 radical (unpaired) electrons. The minimum absolute atomic E-state index is 0.221. The number of carbonyl (C=O) groups is 1. The Morgan fingerprint density at radius 2 is 2.20 bits per heavy atom. The second-order valence-electron chi connectivity index (χ2n) is 7.44. The molecule has 3 aliphatic rings. The molecule has 1 amide bonds. The molecule has 0 bridgehead atoms. The summed E-state index contributed by atoms with van der Waals surface area (Å²) in [4.78, 5) is 19.4. The summed E-state index contributed by atoms with van der Waals surface area (Å²) in [6.07, 6.45) is 7.69. The first-order chi connectivity index (χ1) is 12.2. The number of hydrogen-bond donors (Lipinski definition) is 1. The van der Waals surface area contributed by atoms with Gasteiger partial charge in [0.1, 0.15) is 5.82 Å². The van der Waals surface area contributed by atoms with Gasteiger partial charge in [-0.3, -0.25) is 4.79 Å². The summed E-state index contributed by atoms with van der Waals surface area (Å²) < 4.78 is 7.89. The number of rotatable bonds is 4. The molecule has 2 aliphatic heterocycles. The van der Waals surface area contributed by atoms with Gasteiger partial charge >= 0.3 is 0 Å². The van der Waals surface area contributed by atoms with Crippen molar-refractivity contribution in [2.45, 2.75) is 76.6 Å². The maximum absolute atomic E-state index is 12.8. The Labute approximate surface area is 149 Å². The number of nitrogens with one attached hydrogen (secondary N) is 1. The average molecular weight is 347 g/mol. The summed E-state index contributed by atoms with van der Waals surface area (Å²) in [5, 5.41) is 8.01. The van der Waals surface area contributed by atoms with Gasteiger partial charge < -0.3 is 15.0 Å². The zero-order chi connectivity index (χ0) is 17.2. The van der Waals surface area contributed by atoms with Crippen molar-refractivity contribution in [3.63, 3.8) is 0 Å². The fourth-order valence-corrected chi connectivity index (χ4v) is 4.42. The Morgan fingerprint density at radius 3 is 3.08 bits per heavy atom. The maximum Gasteiger partial charge on any atom is 0.236 e. The number of hydrogen-bond acceptors (Lipinski definition) is 5. The lowest BCUT2D eigenvalue weighted by atomic mass is 9.90. The highest BCUT2D eigenvalue weighted by Gasteiger charge is 2.36. The predicted molar refractivity (Wildman–Crippen MR) is 93.2 cm³/mol. The largest absolute Gasteiger partial charge is 0.374 e. The van der Waals surface area contributed by atoms with Crippen molar-refractivity contribution < 1.29 is 9.53 Å². The van der Waals surface area contributed by atoms with E-state index in [4.69, 9.17) is 4.74 Å². The Morgan fingerprint density at radius 1 is 1.32 bits per heavy atom. The van der Waals surface area contributed by atoms with Crippen molar-refractivity contribution in [2.24, 2.45) is 0 Å². The number of aryl methyl sites for hydroxylation is 2. The number of fused-ring (bicyclic) bond motifs is 2. The number of ether oxygens (including phenoxy) is 1. The van der Waals surface area contributed by atoms with E-state index >= 15 is 0 Å². The lowest BCUT2D eigenvalue weighted by Crippen LogP contribution is -2.57. The molecular weight excluding hydrogens is 318 g/mol. The summed E-state index contributed by atoms with van der Waals surface area (Å²) >= 11 is 0. The van der Waals surface area contributed by atoms with Gasteiger partial charge in [-0.15, -0.1) is 0 Å². The number of morpholine rings is 1. The summed E-state index contributed by atoms with van der Waals surface area (Å²) in [6, 6.07) is 0.586. The standard InChI is InChI=1S/C18H29N5O2/c1-2-16-20-17-8-7-13(12-23(17)21-16)19-11-18(24)22-9-10-25-15-6-4-3-5-14(15)22/h13-15,19H,2-12H2,1H3. The average Bonchev–Trinajstić information content (AvgIpc) is 3.08. The highest BCUT2D eigenvalue weighted by atomic mass is 16.5. The van der Waals surface area contributed by atoms with Crippen LogP contribution in [-0.4, -0.2) is 63.5 Å². The SMILES string of the molecule is CCc1nc2n(n1)CC(NCC(=O)N1CCOC3CCCCC31)CC2. The minimum Gasteiger partial charge on any atom is -0.374 e. The topological polar surface area (TPSA) is 72.3 Å². The first kappa shape index (κ1) is 17.0. The molecule has 3 atom stereocenters. The van der Waals surface area contributed by atoms with Crippen LogP contribution in [0.4, 0.5) is 0 Å². The Kier molecular flexibility index (Phi) is 5.03. The summed E-state index contributed by atoms with van der Waals surface area (Å²) in [6.45, 7) is 4.72. The molecule has 25 heavy (non-hydrogen) atoms. The van der Waals surface area contributed by atoms with E-state index in [0.717, 1.165) is 56.8 Å². The molecule has 1 saturated heterocycles. The second kappa shape index (κ2) is 7.41. The molecule has 7 heteroatoms. The van der Waals surface area contributed by atoms with Crippen molar-refractivity contribution >= 4 is 5.91 Å². The van der Waals surface area contributed by atoms with E-state index in [1.165, 1.54) is 12.8 Å². The van der Waals surface area contributed by atoms with Crippen LogP contribution in [0.5, 0.6) is 0 Å². The van der Waals surface area contributed by atoms with Gasteiger partial charge in [-0.2, -0.15) is 5.10 Å². The smallest absolute Gasteiger partial charge is 0.236 e. The molecule has 1 saturated carbocycles. The lowest BCUT2D eigenvalue weighted by Gasteiger charge is -2.44. The van der Waals surface area contributed by atoms with E-state index in [1.807, 2.05) is 4.68 Å². The third kappa shape index (κ3) is 3.58. The molecule has 3 unspecified atom stereocenters. The van der Waals surface area contributed by atoms with Crippen molar-refractivity contribution in [3.05, 3.63) is 11.6 Å². The van der Waals surface area contributed by atoms with Gasteiger partial charge in [-0.05, 0) is 19.3 Å². The van der Waals surface area contributed by atoms with E-state index in [2.05, 4.69) is 27.2 Å². The van der Waals surface area contributed by atoms with Gasteiger partial charge in [0.15, 0.2) is 5.82 Å². The van der Waals surface area contributed by atoms with Gasteiger partial charge in [0.25, 0.3) is 0 Å². The molecule has 2 fully saturated rings. The van der Waals surface area contributed by atoms with Crippen LogP contribution in [0.2, 0.25) is 0 Å². The molecule has 0 spiro atoms. The quantitative estimate of drug-likeness (QED) is 0.877. The van der Waals surface area contributed by atoms with Crippen LogP contribution in [0, 0.1) is 0 Å². The molecule has 1 aliphatic carbocycles. The molecule has 4 rings (SSSR count). The summed E-state index contributed by atoms with van der Waals surface area (Å²) in [5.74, 6) is 2.22. The normalized spacial score (nSPS) is 29.2. The molecule has 138 valence electrons. The third-order valence-corrected chi connectivity index (χ3v) is 5.81. The fourth-order valence-electron chi connectivity index (χ4n) is 4.42. The molecule has 3 heterocycles. The zero-order valence-electron chi connectivity index (χ0n) is 15.1. The van der Waals surface area contributed by atoms with Crippen molar-refractivity contribution in [1.29, 1.82) is 0 Å². The van der Waals surface area contributed by atoms with Crippen LogP contribution >= 0.6 is 0 Å². The highest BCUT2D eigenvalue weighted by molar-refractivity contribution is 5.78. The van der Waals surface area contributed by atoms with E-state index in [1.54, 1.807) is 0 Å². The number of aromatic nitrogens is 3. The van der Waals surface area contributed by atoms with Gasteiger partial charge in [0.2, 0.25) is 5.91 Å². The summed E-state index contributed by atoms with van der Waals surface area (Å²) in [7, 11) is 0. The Hall–Kier alpha value is -1.47. The monoisotopic (exact) mass is 347 g/mol. The number of amides is 1. The van der Waals surface area contributed by atoms with Gasteiger partial charge in [0, 0.05) is 25.4 Å². The molecule has 0 aromatic carbocycles. The van der Waals surface area contributed by atoms with Crippen molar-refractivity contribution in [3.8, 4) is 0 Å². The fraction of sp³-hybridized carbons (Fsp3) is 0.833. The van der Waals surface area contributed by atoms with E-state index in [0.29, 0.717) is 19.2 Å². The summed E-state index contributed by atoms with van der Waals surface area (Å²) in [5.41, 5.74) is 0. The molecule has 1 N–H and O–H groups in total. The minimum atomic E-state index is 0.221. The van der Waals surface area contributed by atoms with Crippen LogP contribution in [0.1, 0.15) is 50.7 Å². The lowest BCUT2D eigenvalue weighted by molar-refractivity contribution is -0.148. The third-order valence-electron chi connectivity index (χ3n) is 5.81. The van der Waals surface area contributed by atoms with Crippen LogP contribution < -0.4 is 5.32 Å². The second-order valence-corrected chi connectivity index (χ2v) is 7.44. The molecular formula is C18H29N5O2. The molecule has 1 aromatic heterocycles. The van der Waals surface area contributed by atoms with Gasteiger partial charge in [-0.1, -0.05) is 19.8 Å². The number of nitrogens with zero attached hydrogens (tertiary/aromatic N) is 4. The van der Waals surface area contributed by atoms with E-state index in [9.17, 15) is 4.79 Å². The molecule has 7 nitrogen and oxygen atoms in total. The van der Waals surface area contributed by atoms with Gasteiger partial charge in [-0.25, -0.2) is 9.67 Å². The van der Waals surface area contributed by atoms with Crippen molar-refractivity contribution in [1.82, 2.24) is 25.0 Å². The van der Waals surface area contributed by atoms with Crippen molar-refractivity contribution in [2.75, 3.05) is 19.7 Å². The first-order valence-electron chi connectivity index (χ1n) is 9.81. The molecule has 1 aromatic rings. The van der Waals surface area contributed by atoms with Crippen LogP contribution in [0.25, 0.3) is 0 Å². The highest BCUT2D eigenvalue weighted by Crippen LogP contribution is 2.28. The van der Waals surface area contributed by atoms with Gasteiger partial charge in [0.05, 0.1) is 31.8 Å². The van der Waals surface area contributed by atoms with Crippen LogP contribution in [-0.2, 0) is 28.9 Å². The van der Waals surface area contributed by atoms with Crippen LogP contribution in [0.15, 0.2) is 0 Å². The van der Waals surface area contributed by atoms with E-state index in [-0.39, 0.29) is 18.1 Å². The predicted octanol–water partition coefficient (Wildman–Crippen LogP) is 0.915. The Balaban J connectivity index is 1.31. The Bertz CT molecular complexity index is 615. The maximum atomic E-state index is 12.8. The zero-order valence-corrected chi connectivity index (χ0v) is 15.1. The first-order valence-corrected chi connectivity index (χ1v) is 9.81. The number of carbonyl (C=O) groups excluding carboxylic acids is 1. The van der Waals surface area contributed by atoms with E-state index < -0.39 is 0 Å². The van der Waals surface area contributed by atoms with Crippen LogP contribution in [0.3, 0.4) is 0 Å².